The van der Waals surface area contributed by atoms with Crippen LogP contribution in [0.1, 0.15) is 18.6 Å². The summed E-state index contributed by atoms with van der Waals surface area (Å²) in [6.45, 7) is 1.23. The summed E-state index contributed by atoms with van der Waals surface area (Å²) in [4.78, 5) is 22.3. The maximum atomic E-state index is 12.3. The van der Waals surface area contributed by atoms with Crippen LogP contribution in [-0.4, -0.2) is 47.1 Å². The Hall–Kier alpha value is -2.83. The lowest BCUT2D eigenvalue weighted by molar-refractivity contribution is -0.128. The molecule has 7 heteroatoms. The van der Waals surface area contributed by atoms with Gasteiger partial charge in [-0.2, -0.15) is 4.98 Å². The number of hydrogen-bond donors (Lipinski definition) is 0. The van der Waals surface area contributed by atoms with Crippen LogP contribution in [-0.2, 0) is 4.79 Å². The molecule has 3 rings (SSSR count). The van der Waals surface area contributed by atoms with Gasteiger partial charge in [0.2, 0.25) is 17.7 Å². The van der Waals surface area contributed by atoms with Gasteiger partial charge in [0.1, 0.15) is 11.9 Å². The Morgan fingerprint density at radius 1 is 1.42 bits per heavy atom. The Labute approximate surface area is 139 Å². The monoisotopic (exact) mass is 329 g/mol. The molecule has 3 heterocycles. The molecule has 1 aliphatic heterocycles. The van der Waals surface area contributed by atoms with Crippen molar-refractivity contribution in [3.05, 3.63) is 42.6 Å². The molecule has 1 amide bonds. The van der Waals surface area contributed by atoms with E-state index < -0.39 is 0 Å². The lowest BCUT2D eigenvalue weighted by atomic mass is 10.1. The highest BCUT2D eigenvalue weighted by molar-refractivity contribution is 5.91. The first kappa shape index (κ1) is 16.0. The standard InChI is InChI=1S/C17H19N3O4/c1-22-15-10-18-11-16(19-15)24-14-4-2-8-20(12-14)17(21)7-6-13-5-3-9-23-13/h3,5-7,9-11,14H,2,4,8,12H2,1H3/b7-6+/t14-/m0/s1. The molecular weight excluding hydrogens is 310 g/mol. The van der Waals surface area contributed by atoms with Gasteiger partial charge in [0, 0.05) is 12.6 Å². The fourth-order valence-electron chi connectivity index (χ4n) is 2.54. The molecule has 0 spiro atoms. The van der Waals surface area contributed by atoms with Gasteiger partial charge in [0.05, 0.1) is 32.3 Å². The van der Waals surface area contributed by atoms with E-state index in [0.29, 0.717) is 30.6 Å². The van der Waals surface area contributed by atoms with Gasteiger partial charge in [-0.25, -0.2) is 0 Å². The molecule has 126 valence electrons. The van der Waals surface area contributed by atoms with Gasteiger partial charge in [-0.3, -0.25) is 9.78 Å². The Morgan fingerprint density at radius 3 is 3.08 bits per heavy atom. The molecule has 2 aromatic rings. The highest BCUT2D eigenvalue weighted by Gasteiger charge is 2.24. The van der Waals surface area contributed by atoms with Gasteiger partial charge >= 0.3 is 0 Å². The van der Waals surface area contributed by atoms with Crippen LogP contribution in [0.5, 0.6) is 11.8 Å². The lowest BCUT2D eigenvalue weighted by Crippen LogP contribution is -2.43. The summed E-state index contributed by atoms with van der Waals surface area (Å²) in [5.41, 5.74) is 0. The van der Waals surface area contributed by atoms with Crippen LogP contribution in [0, 0.1) is 0 Å². The highest BCUT2D eigenvalue weighted by atomic mass is 16.5. The van der Waals surface area contributed by atoms with Crippen molar-refractivity contribution in [2.75, 3.05) is 20.2 Å². The number of methoxy groups -OCH3 is 1. The zero-order valence-electron chi connectivity index (χ0n) is 13.4. The zero-order chi connectivity index (χ0) is 16.8. The number of carbonyl (C=O) groups is 1. The molecule has 1 aliphatic rings. The SMILES string of the molecule is COc1cncc(O[C@H]2CCCN(C(=O)/C=C/c3ccco3)C2)n1. The first-order valence-corrected chi connectivity index (χ1v) is 7.78. The predicted molar refractivity (Wildman–Crippen MR) is 86.6 cm³/mol. The summed E-state index contributed by atoms with van der Waals surface area (Å²) in [6.07, 6.45) is 9.45. The van der Waals surface area contributed by atoms with Crippen molar-refractivity contribution >= 4 is 12.0 Å². The van der Waals surface area contributed by atoms with Crippen LogP contribution in [0.4, 0.5) is 0 Å². The lowest BCUT2D eigenvalue weighted by Gasteiger charge is -2.31. The van der Waals surface area contributed by atoms with Crippen molar-refractivity contribution in [3.8, 4) is 11.8 Å². The molecule has 0 saturated carbocycles. The van der Waals surface area contributed by atoms with E-state index in [0.717, 1.165) is 12.8 Å². The fourth-order valence-corrected chi connectivity index (χ4v) is 2.54. The van der Waals surface area contributed by atoms with Gasteiger partial charge in [-0.1, -0.05) is 0 Å². The number of likely N-dealkylation sites (tertiary alicyclic amines) is 1. The van der Waals surface area contributed by atoms with Gasteiger partial charge < -0.3 is 18.8 Å². The topological polar surface area (TPSA) is 77.7 Å². The first-order chi connectivity index (χ1) is 11.7. The molecule has 24 heavy (non-hydrogen) atoms. The third kappa shape index (κ3) is 4.13. The van der Waals surface area contributed by atoms with Crippen LogP contribution < -0.4 is 9.47 Å². The second-order valence-corrected chi connectivity index (χ2v) is 5.41. The Bertz CT molecular complexity index is 700. The summed E-state index contributed by atoms with van der Waals surface area (Å²) >= 11 is 0. The highest BCUT2D eigenvalue weighted by Crippen LogP contribution is 2.18. The number of furan rings is 1. The molecule has 0 aliphatic carbocycles. The van der Waals surface area contributed by atoms with Gasteiger partial charge in [0.25, 0.3) is 0 Å². The molecule has 1 atom stereocenters. The van der Waals surface area contributed by atoms with Crippen molar-refractivity contribution in [2.45, 2.75) is 18.9 Å². The summed E-state index contributed by atoms with van der Waals surface area (Å²) in [7, 11) is 1.53. The minimum Gasteiger partial charge on any atom is -0.480 e. The minimum absolute atomic E-state index is 0.0589. The predicted octanol–water partition coefficient (Wildman–Crippen LogP) is 2.16. The van der Waals surface area contributed by atoms with Crippen LogP contribution in [0.15, 0.2) is 41.3 Å². The molecule has 1 saturated heterocycles. The van der Waals surface area contributed by atoms with E-state index in [1.807, 2.05) is 0 Å². The van der Waals surface area contributed by atoms with Gasteiger partial charge in [0.15, 0.2) is 0 Å². The van der Waals surface area contributed by atoms with Crippen LogP contribution in [0.3, 0.4) is 0 Å². The third-order valence-corrected chi connectivity index (χ3v) is 3.71. The molecule has 0 aromatic carbocycles. The number of hydrogen-bond acceptors (Lipinski definition) is 6. The minimum atomic E-state index is -0.110. The van der Waals surface area contributed by atoms with E-state index in [-0.39, 0.29) is 12.0 Å². The van der Waals surface area contributed by atoms with E-state index in [9.17, 15) is 4.79 Å². The number of rotatable bonds is 5. The van der Waals surface area contributed by atoms with Crippen LogP contribution in [0.2, 0.25) is 0 Å². The Balaban J connectivity index is 1.58. The van der Waals surface area contributed by atoms with Crippen molar-refractivity contribution < 1.29 is 18.7 Å². The number of amides is 1. The average Bonchev–Trinajstić information content (AvgIpc) is 3.13. The zero-order valence-corrected chi connectivity index (χ0v) is 13.4. The van der Waals surface area contributed by atoms with E-state index in [2.05, 4.69) is 9.97 Å². The molecule has 0 radical (unpaired) electrons. The summed E-state index contributed by atoms with van der Waals surface area (Å²) in [5, 5.41) is 0. The van der Waals surface area contributed by atoms with E-state index in [4.69, 9.17) is 13.9 Å². The molecule has 2 aromatic heterocycles. The number of aromatic nitrogens is 2. The molecular formula is C17H19N3O4. The average molecular weight is 329 g/mol. The number of carbonyl (C=O) groups excluding carboxylic acids is 1. The van der Waals surface area contributed by atoms with E-state index in [1.165, 1.54) is 19.4 Å². The summed E-state index contributed by atoms with van der Waals surface area (Å²) in [6, 6.07) is 3.58. The largest absolute Gasteiger partial charge is 0.480 e. The molecule has 0 bridgehead atoms. The normalized spacial score (nSPS) is 17.9. The molecule has 0 unspecified atom stereocenters. The quantitative estimate of drug-likeness (QED) is 0.782. The van der Waals surface area contributed by atoms with Crippen molar-refractivity contribution in [3.63, 3.8) is 0 Å². The maximum absolute atomic E-state index is 12.3. The number of ether oxygens (including phenoxy) is 2. The van der Waals surface area contributed by atoms with Gasteiger partial charge in [-0.05, 0) is 31.1 Å². The number of nitrogens with zero attached hydrogens (tertiary/aromatic N) is 3. The Morgan fingerprint density at radius 2 is 2.29 bits per heavy atom. The van der Waals surface area contributed by atoms with E-state index in [1.54, 1.807) is 35.6 Å². The maximum Gasteiger partial charge on any atom is 0.246 e. The molecule has 0 N–H and O–H groups in total. The fraction of sp³-hybridized carbons (Fsp3) is 0.353. The molecule has 7 nitrogen and oxygen atoms in total. The smallest absolute Gasteiger partial charge is 0.246 e. The van der Waals surface area contributed by atoms with Gasteiger partial charge in [-0.15, -0.1) is 0 Å². The summed E-state index contributed by atoms with van der Waals surface area (Å²) < 4.78 is 16.1. The van der Waals surface area contributed by atoms with Crippen molar-refractivity contribution in [2.24, 2.45) is 0 Å². The van der Waals surface area contributed by atoms with E-state index >= 15 is 0 Å². The Kier molecular flexibility index (Phi) is 5.10. The van der Waals surface area contributed by atoms with Crippen molar-refractivity contribution in [1.29, 1.82) is 0 Å². The molecule has 1 fully saturated rings. The van der Waals surface area contributed by atoms with Crippen LogP contribution >= 0.6 is 0 Å². The second kappa shape index (κ2) is 7.63. The first-order valence-electron chi connectivity index (χ1n) is 7.78. The second-order valence-electron chi connectivity index (χ2n) is 5.41. The summed E-state index contributed by atoms with van der Waals surface area (Å²) in [5.74, 6) is 1.40. The third-order valence-electron chi connectivity index (χ3n) is 3.71. The number of piperidine rings is 1. The van der Waals surface area contributed by atoms with Crippen molar-refractivity contribution in [1.82, 2.24) is 14.9 Å². The van der Waals surface area contributed by atoms with Crippen LogP contribution in [0.25, 0.3) is 6.08 Å².